The molecule has 13 heavy (non-hydrogen) atoms. The molecule has 0 aliphatic carbocycles. The summed E-state index contributed by atoms with van der Waals surface area (Å²) in [5.41, 5.74) is 6.97. The maximum Gasteiger partial charge on any atom is 0.126 e. The largest absolute Gasteiger partial charge is 0.344 e. The minimum absolute atomic E-state index is 0.303. The van der Waals surface area contributed by atoms with Gasteiger partial charge in [-0.2, -0.15) is 0 Å². The third-order valence-electron chi connectivity index (χ3n) is 2.32. The Kier molecular flexibility index (Phi) is 3.09. The van der Waals surface area contributed by atoms with Gasteiger partial charge in [-0.05, 0) is 19.8 Å². The van der Waals surface area contributed by atoms with Crippen LogP contribution in [0, 0.1) is 0 Å². The smallest absolute Gasteiger partial charge is 0.126 e. The number of nitrogens with zero attached hydrogens (tertiary/aromatic N) is 1. The highest BCUT2D eigenvalue weighted by Gasteiger charge is 2.22. The number of imidazole rings is 1. The Balaban J connectivity index is 2.80. The summed E-state index contributed by atoms with van der Waals surface area (Å²) in [6.45, 7) is 6.26. The lowest BCUT2D eigenvalue weighted by Crippen LogP contribution is -2.34. The Bertz CT molecular complexity index is 263. The van der Waals surface area contributed by atoms with E-state index in [1.807, 2.05) is 13.1 Å². The van der Waals surface area contributed by atoms with Gasteiger partial charge in [-0.3, -0.25) is 0 Å². The molecule has 0 aliphatic rings. The molecule has 1 heterocycles. The van der Waals surface area contributed by atoms with Gasteiger partial charge in [-0.1, -0.05) is 20.3 Å². The fourth-order valence-electron chi connectivity index (χ4n) is 1.47. The number of nitrogens with two attached hydrogens (primary N) is 1. The van der Waals surface area contributed by atoms with Gasteiger partial charge < -0.3 is 10.7 Å². The van der Waals surface area contributed by atoms with Crippen LogP contribution in [0.2, 0.25) is 0 Å². The van der Waals surface area contributed by atoms with Gasteiger partial charge in [-0.25, -0.2) is 4.98 Å². The Morgan fingerprint density at radius 2 is 2.23 bits per heavy atom. The van der Waals surface area contributed by atoms with E-state index in [-0.39, 0.29) is 5.54 Å². The Morgan fingerprint density at radius 1 is 1.54 bits per heavy atom. The van der Waals surface area contributed by atoms with Gasteiger partial charge in [0.25, 0.3) is 0 Å². The lowest BCUT2D eigenvalue weighted by atomic mass is 9.97. The van der Waals surface area contributed by atoms with Crippen LogP contribution in [0.5, 0.6) is 0 Å². The Morgan fingerprint density at radius 3 is 2.69 bits per heavy atom. The van der Waals surface area contributed by atoms with Crippen LogP contribution >= 0.6 is 0 Å². The summed E-state index contributed by atoms with van der Waals surface area (Å²) in [7, 11) is 0. The number of rotatable bonds is 4. The topological polar surface area (TPSA) is 54.7 Å². The molecule has 0 radical (unpaired) electrons. The molecule has 3 nitrogen and oxygen atoms in total. The molecule has 1 unspecified atom stereocenters. The van der Waals surface area contributed by atoms with Crippen LogP contribution < -0.4 is 5.73 Å². The molecule has 0 fully saturated rings. The van der Waals surface area contributed by atoms with Crippen LogP contribution in [0.25, 0.3) is 0 Å². The molecule has 1 rings (SSSR count). The van der Waals surface area contributed by atoms with Gasteiger partial charge in [-0.15, -0.1) is 0 Å². The van der Waals surface area contributed by atoms with E-state index in [9.17, 15) is 0 Å². The Hall–Kier alpha value is -0.830. The van der Waals surface area contributed by atoms with Crippen LogP contribution in [0.15, 0.2) is 6.20 Å². The summed E-state index contributed by atoms with van der Waals surface area (Å²) in [4.78, 5) is 7.55. The van der Waals surface area contributed by atoms with Crippen molar-refractivity contribution in [1.82, 2.24) is 9.97 Å². The van der Waals surface area contributed by atoms with Crippen LogP contribution in [0.3, 0.4) is 0 Å². The SMILES string of the molecule is CCCC(C)(N)c1ncc(CC)[nH]1. The molecule has 0 saturated heterocycles. The Labute approximate surface area is 79.8 Å². The molecular formula is C10H19N3. The minimum Gasteiger partial charge on any atom is -0.344 e. The van der Waals surface area contributed by atoms with E-state index >= 15 is 0 Å². The van der Waals surface area contributed by atoms with Gasteiger partial charge in [0.15, 0.2) is 0 Å². The standard InChI is InChI=1S/C10H19N3/c1-4-6-10(3,11)9-12-7-8(5-2)13-9/h7H,4-6,11H2,1-3H3,(H,12,13). The average molecular weight is 181 g/mol. The maximum atomic E-state index is 6.12. The molecule has 1 aromatic heterocycles. The van der Waals surface area contributed by atoms with Crippen molar-refractivity contribution in [2.45, 2.75) is 45.6 Å². The molecule has 1 aromatic rings. The van der Waals surface area contributed by atoms with Crippen LogP contribution in [0.4, 0.5) is 0 Å². The second-order valence-electron chi connectivity index (χ2n) is 3.78. The van der Waals surface area contributed by atoms with E-state index in [0.717, 1.165) is 30.8 Å². The average Bonchev–Trinajstić information content (AvgIpc) is 2.52. The van der Waals surface area contributed by atoms with Gasteiger partial charge in [0.1, 0.15) is 5.82 Å². The van der Waals surface area contributed by atoms with E-state index in [1.165, 1.54) is 0 Å². The first-order valence-electron chi connectivity index (χ1n) is 4.93. The van der Waals surface area contributed by atoms with E-state index in [4.69, 9.17) is 5.73 Å². The van der Waals surface area contributed by atoms with Crippen LogP contribution in [-0.4, -0.2) is 9.97 Å². The molecule has 0 aromatic carbocycles. The number of nitrogens with one attached hydrogen (secondary N) is 1. The molecule has 0 spiro atoms. The highest BCUT2D eigenvalue weighted by molar-refractivity contribution is 5.08. The third-order valence-corrected chi connectivity index (χ3v) is 2.32. The summed E-state index contributed by atoms with van der Waals surface area (Å²) in [5.74, 6) is 0.909. The quantitative estimate of drug-likeness (QED) is 0.746. The number of hydrogen-bond donors (Lipinski definition) is 2. The minimum atomic E-state index is -0.303. The molecule has 74 valence electrons. The van der Waals surface area contributed by atoms with E-state index < -0.39 is 0 Å². The maximum absolute atomic E-state index is 6.12. The first-order valence-corrected chi connectivity index (χ1v) is 4.93. The van der Waals surface area contributed by atoms with Crippen molar-refractivity contribution in [2.24, 2.45) is 5.73 Å². The lowest BCUT2D eigenvalue weighted by molar-refractivity contribution is 0.423. The first kappa shape index (κ1) is 10.3. The van der Waals surface area contributed by atoms with Crippen molar-refractivity contribution in [3.8, 4) is 0 Å². The van der Waals surface area contributed by atoms with Crippen molar-refractivity contribution in [3.63, 3.8) is 0 Å². The summed E-state index contributed by atoms with van der Waals surface area (Å²) in [5, 5.41) is 0. The molecule has 0 saturated carbocycles. The zero-order chi connectivity index (χ0) is 9.90. The van der Waals surface area contributed by atoms with Crippen molar-refractivity contribution in [3.05, 3.63) is 17.7 Å². The van der Waals surface area contributed by atoms with E-state index in [2.05, 4.69) is 23.8 Å². The molecule has 3 heteroatoms. The number of aryl methyl sites for hydroxylation is 1. The van der Waals surface area contributed by atoms with Gasteiger partial charge in [0, 0.05) is 11.9 Å². The number of hydrogen-bond acceptors (Lipinski definition) is 2. The van der Waals surface area contributed by atoms with E-state index in [1.54, 1.807) is 0 Å². The predicted molar refractivity (Wildman–Crippen MR) is 54.4 cm³/mol. The molecule has 1 atom stereocenters. The normalized spacial score (nSPS) is 15.7. The molecule has 0 bridgehead atoms. The predicted octanol–water partition coefficient (Wildman–Crippen LogP) is 1.95. The third kappa shape index (κ3) is 2.31. The fraction of sp³-hybridized carbons (Fsp3) is 0.700. The second-order valence-corrected chi connectivity index (χ2v) is 3.78. The van der Waals surface area contributed by atoms with Crippen LogP contribution in [-0.2, 0) is 12.0 Å². The highest BCUT2D eigenvalue weighted by Crippen LogP contribution is 2.19. The summed E-state index contributed by atoms with van der Waals surface area (Å²) >= 11 is 0. The van der Waals surface area contributed by atoms with Crippen molar-refractivity contribution in [2.75, 3.05) is 0 Å². The monoisotopic (exact) mass is 181 g/mol. The summed E-state index contributed by atoms with van der Waals surface area (Å²) in [6, 6.07) is 0. The zero-order valence-corrected chi connectivity index (χ0v) is 8.72. The van der Waals surface area contributed by atoms with E-state index in [0.29, 0.717) is 0 Å². The van der Waals surface area contributed by atoms with Gasteiger partial charge in [0.05, 0.1) is 5.54 Å². The molecule has 0 amide bonds. The van der Waals surface area contributed by atoms with Gasteiger partial charge >= 0.3 is 0 Å². The van der Waals surface area contributed by atoms with Crippen molar-refractivity contribution in [1.29, 1.82) is 0 Å². The molecular weight excluding hydrogens is 162 g/mol. The number of aromatic nitrogens is 2. The van der Waals surface area contributed by atoms with Crippen LogP contribution in [0.1, 0.15) is 45.1 Å². The molecule has 3 N–H and O–H groups in total. The lowest BCUT2D eigenvalue weighted by Gasteiger charge is -2.20. The highest BCUT2D eigenvalue weighted by atomic mass is 15.0. The summed E-state index contributed by atoms with van der Waals surface area (Å²) in [6.07, 6.45) is 4.89. The number of H-pyrrole nitrogens is 1. The van der Waals surface area contributed by atoms with Gasteiger partial charge in [0.2, 0.25) is 0 Å². The molecule has 0 aliphatic heterocycles. The van der Waals surface area contributed by atoms with Crippen molar-refractivity contribution < 1.29 is 0 Å². The summed E-state index contributed by atoms with van der Waals surface area (Å²) < 4.78 is 0. The second kappa shape index (κ2) is 3.92. The fourth-order valence-corrected chi connectivity index (χ4v) is 1.47. The first-order chi connectivity index (χ1) is 6.10. The number of aromatic amines is 1. The zero-order valence-electron chi connectivity index (χ0n) is 8.72. The van der Waals surface area contributed by atoms with Crippen molar-refractivity contribution >= 4 is 0 Å².